The summed E-state index contributed by atoms with van der Waals surface area (Å²) in [6.07, 6.45) is 2.26. The fourth-order valence-electron chi connectivity index (χ4n) is 4.84. The molecule has 3 aromatic rings. The molecule has 1 saturated heterocycles. The van der Waals surface area contributed by atoms with Gasteiger partial charge in [-0.05, 0) is 87.2 Å². The zero-order chi connectivity index (χ0) is 26.7. The van der Waals surface area contributed by atoms with Gasteiger partial charge in [-0.2, -0.15) is 0 Å². The van der Waals surface area contributed by atoms with Gasteiger partial charge >= 0.3 is 6.36 Å². The third-order valence-electron chi connectivity index (χ3n) is 6.81. The summed E-state index contributed by atoms with van der Waals surface area (Å²) in [6.45, 7) is 3.69. The molecule has 37 heavy (non-hydrogen) atoms. The molecule has 5 nitrogen and oxygen atoms in total. The van der Waals surface area contributed by atoms with E-state index in [2.05, 4.69) is 15.7 Å². The maximum absolute atomic E-state index is 13.1. The zero-order valence-electron chi connectivity index (χ0n) is 20.5. The number of allylic oxidation sites excluding steroid dienone is 1. The molecule has 0 aliphatic carbocycles. The number of nitrogens with zero attached hydrogens (tertiary/aromatic N) is 3. The molecule has 1 atom stereocenters. The van der Waals surface area contributed by atoms with Crippen molar-refractivity contribution in [1.82, 2.24) is 14.3 Å². The molecule has 2 heterocycles. The van der Waals surface area contributed by atoms with Gasteiger partial charge in [0.25, 0.3) is 5.56 Å². The van der Waals surface area contributed by atoms with E-state index < -0.39 is 11.9 Å². The lowest BCUT2D eigenvalue weighted by atomic mass is 9.92. The zero-order valence-corrected chi connectivity index (χ0v) is 21.3. The molecule has 1 unspecified atom stereocenters. The first-order valence-corrected chi connectivity index (χ1v) is 12.4. The van der Waals surface area contributed by atoms with Gasteiger partial charge in [0.05, 0.1) is 17.4 Å². The second-order valence-electron chi connectivity index (χ2n) is 9.23. The van der Waals surface area contributed by atoms with Crippen molar-refractivity contribution < 1.29 is 22.3 Å². The van der Waals surface area contributed by atoms with E-state index in [1.807, 2.05) is 13.0 Å². The fraction of sp³-hybridized carbons (Fsp3) is 0.370. The first kappa shape index (κ1) is 27.0. The normalized spacial score (nSPS) is 16.4. The van der Waals surface area contributed by atoms with E-state index in [9.17, 15) is 22.4 Å². The molecule has 4 rings (SSSR count). The van der Waals surface area contributed by atoms with Gasteiger partial charge in [-0.3, -0.25) is 14.4 Å². The van der Waals surface area contributed by atoms with Crippen LogP contribution in [0.1, 0.15) is 43.5 Å². The Morgan fingerprint density at radius 1 is 1.08 bits per heavy atom. The van der Waals surface area contributed by atoms with E-state index in [-0.39, 0.29) is 22.6 Å². The summed E-state index contributed by atoms with van der Waals surface area (Å²) < 4.78 is 57.4. The summed E-state index contributed by atoms with van der Waals surface area (Å²) in [6, 6.07) is 11.4. The van der Waals surface area contributed by atoms with Crippen molar-refractivity contribution in [3.63, 3.8) is 0 Å². The van der Waals surface area contributed by atoms with E-state index in [0.717, 1.165) is 50.0 Å². The number of alkyl halides is 3. The molecule has 0 saturated carbocycles. The van der Waals surface area contributed by atoms with Crippen LogP contribution in [0.4, 0.5) is 17.6 Å². The van der Waals surface area contributed by atoms with Crippen LogP contribution in [0.5, 0.6) is 5.75 Å². The largest absolute Gasteiger partial charge is 0.573 e. The minimum atomic E-state index is -4.79. The molecule has 0 radical (unpaired) electrons. The van der Waals surface area contributed by atoms with Crippen molar-refractivity contribution in [2.24, 2.45) is 13.0 Å². The van der Waals surface area contributed by atoms with Crippen molar-refractivity contribution in [2.75, 3.05) is 13.1 Å². The van der Waals surface area contributed by atoms with Crippen molar-refractivity contribution >= 4 is 17.7 Å². The SMILES string of the molecule is CC(c1c(Cl)c(=O)n(-c2ccc(OC(F)(F)F)cc2)n1C)N1CCC(CC=Cc2ccc(F)cc2)CC1. The molecule has 0 amide bonds. The van der Waals surface area contributed by atoms with Gasteiger partial charge in [-0.25, -0.2) is 9.07 Å². The van der Waals surface area contributed by atoms with Crippen molar-refractivity contribution in [2.45, 2.75) is 38.6 Å². The average Bonchev–Trinajstić information content (AvgIpc) is 3.08. The van der Waals surface area contributed by atoms with Gasteiger partial charge in [-0.1, -0.05) is 35.9 Å². The number of benzene rings is 2. The smallest absolute Gasteiger partial charge is 0.406 e. The highest BCUT2D eigenvalue weighted by Gasteiger charge is 2.31. The average molecular weight is 538 g/mol. The van der Waals surface area contributed by atoms with Crippen LogP contribution in [-0.2, 0) is 7.05 Å². The third-order valence-corrected chi connectivity index (χ3v) is 7.17. The van der Waals surface area contributed by atoms with Crippen LogP contribution in [0.3, 0.4) is 0 Å². The first-order valence-electron chi connectivity index (χ1n) is 12.0. The van der Waals surface area contributed by atoms with Gasteiger partial charge < -0.3 is 4.74 Å². The van der Waals surface area contributed by atoms with Crippen LogP contribution in [0.2, 0.25) is 5.02 Å². The number of aromatic nitrogens is 2. The molecule has 1 aliphatic heterocycles. The van der Waals surface area contributed by atoms with Crippen LogP contribution in [0, 0.1) is 11.7 Å². The van der Waals surface area contributed by atoms with Gasteiger partial charge in [0.2, 0.25) is 0 Å². The van der Waals surface area contributed by atoms with Crippen molar-refractivity contribution in [1.29, 1.82) is 0 Å². The molecular weight excluding hydrogens is 510 g/mol. The summed E-state index contributed by atoms with van der Waals surface area (Å²) in [5, 5.41) is 0.0926. The van der Waals surface area contributed by atoms with E-state index in [1.54, 1.807) is 23.9 Å². The van der Waals surface area contributed by atoms with Gasteiger partial charge in [0.1, 0.15) is 16.6 Å². The monoisotopic (exact) mass is 537 g/mol. The Kier molecular flexibility index (Phi) is 8.14. The summed E-state index contributed by atoms with van der Waals surface area (Å²) in [4.78, 5) is 15.3. The topological polar surface area (TPSA) is 39.4 Å². The molecule has 2 aromatic carbocycles. The lowest BCUT2D eigenvalue weighted by Crippen LogP contribution is -2.36. The number of rotatable bonds is 7. The molecule has 1 aromatic heterocycles. The molecule has 0 bridgehead atoms. The van der Waals surface area contributed by atoms with Crippen LogP contribution in [0.15, 0.2) is 59.4 Å². The molecule has 10 heteroatoms. The van der Waals surface area contributed by atoms with Crippen molar-refractivity contribution in [3.05, 3.63) is 87.1 Å². The number of likely N-dealkylation sites (tertiary alicyclic amines) is 1. The van der Waals surface area contributed by atoms with E-state index >= 15 is 0 Å². The highest BCUT2D eigenvalue weighted by atomic mass is 35.5. The molecule has 1 fully saturated rings. The van der Waals surface area contributed by atoms with E-state index in [0.29, 0.717) is 17.3 Å². The van der Waals surface area contributed by atoms with Gasteiger partial charge in [0.15, 0.2) is 0 Å². The second kappa shape index (κ2) is 11.1. The molecule has 1 aliphatic rings. The lowest BCUT2D eigenvalue weighted by molar-refractivity contribution is -0.274. The minimum Gasteiger partial charge on any atom is -0.406 e. The maximum Gasteiger partial charge on any atom is 0.573 e. The third kappa shape index (κ3) is 6.45. The van der Waals surface area contributed by atoms with Gasteiger partial charge in [-0.15, -0.1) is 13.2 Å². The van der Waals surface area contributed by atoms with E-state index in [1.165, 1.54) is 28.9 Å². The number of hydrogen-bond acceptors (Lipinski definition) is 3. The highest BCUT2D eigenvalue weighted by molar-refractivity contribution is 6.31. The Labute approximate surface area is 217 Å². The Bertz CT molecular complexity index is 1290. The summed E-state index contributed by atoms with van der Waals surface area (Å²) in [5.41, 5.74) is 1.57. The Morgan fingerprint density at radius 2 is 1.70 bits per heavy atom. The number of halogens is 5. The van der Waals surface area contributed by atoms with Crippen LogP contribution in [0.25, 0.3) is 11.8 Å². The molecular formula is C27H28ClF4N3O2. The fourth-order valence-corrected chi connectivity index (χ4v) is 5.20. The summed E-state index contributed by atoms with van der Waals surface area (Å²) in [5.74, 6) is -0.0879. The van der Waals surface area contributed by atoms with E-state index in [4.69, 9.17) is 11.6 Å². The molecule has 0 N–H and O–H groups in total. The number of piperidine rings is 1. The Morgan fingerprint density at radius 3 is 2.30 bits per heavy atom. The highest BCUT2D eigenvalue weighted by Crippen LogP contribution is 2.32. The second-order valence-corrected chi connectivity index (χ2v) is 9.60. The first-order chi connectivity index (χ1) is 17.5. The van der Waals surface area contributed by atoms with Crippen molar-refractivity contribution in [3.8, 4) is 11.4 Å². The summed E-state index contributed by atoms with van der Waals surface area (Å²) >= 11 is 6.48. The maximum atomic E-state index is 13.1. The molecule has 198 valence electrons. The summed E-state index contributed by atoms with van der Waals surface area (Å²) in [7, 11) is 1.71. The van der Waals surface area contributed by atoms with Gasteiger partial charge in [0, 0.05) is 7.05 Å². The predicted molar refractivity (Wildman–Crippen MR) is 135 cm³/mol. The Balaban J connectivity index is 1.41. The molecule has 0 spiro atoms. The standard InChI is InChI=1S/C27H28ClF4N3O2/c1-18(34-16-14-20(15-17-34)5-3-4-19-6-8-21(29)9-7-19)25-24(28)26(36)35(33(25)2)22-10-12-23(13-11-22)37-27(30,31)32/h3-4,6-13,18,20H,5,14-17H2,1-2H3. The van der Waals surface area contributed by atoms with Crippen LogP contribution in [-0.4, -0.2) is 33.7 Å². The van der Waals surface area contributed by atoms with Crippen LogP contribution >= 0.6 is 11.6 Å². The lowest BCUT2D eigenvalue weighted by Gasteiger charge is -2.36. The number of hydrogen-bond donors (Lipinski definition) is 0. The van der Waals surface area contributed by atoms with Crippen LogP contribution < -0.4 is 10.3 Å². The quantitative estimate of drug-likeness (QED) is 0.313. The minimum absolute atomic E-state index is 0.0926. The number of ether oxygens (including phenoxy) is 1. The predicted octanol–water partition coefficient (Wildman–Crippen LogP) is 6.74. The Hall–Kier alpha value is -3.04.